The van der Waals surface area contributed by atoms with Crippen molar-refractivity contribution in [3.63, 3.8) is 0 Å². The summed E-state index contributed by atoms with van der Waals surface area (Å²) in [5.41, 5.74) is 1.37. The van der Waals surface area contributed by atoms with Gasteiger partial charge in [-0.2, -0.15) is 10.2 Å². The maximum absolute atomic E-state index is 12.7. The fraction of sp³-hybridized carbons (Fsp3) is 0.500. The molecule has 0 amide bonds. The lowest BCUT2D eigenvalue weighted by Crippen LogP contribution is -2.27. The molecule has 1 fully saturated rings. The van der Waals surface area contributed by atoms with Gasteiger partial charge in [-0.1, -0.05) is 12.8 Å². The number of aromatic nitrogens is 3. The van der Waals surface area contributed by atoms with E-state index in [9.17, 15) is 10.1 Å². The molecule has 6 heteroatoms. The molecule has 1 aliphatic carbocycles. The molecule has 1 saturated carbocycles. The van der Waals surface area contributed by atoms with E-state index in [0.717, 1.165) is 36.8 Å². The van der Waals surface area contributed by atoms with Crippen LogP contribution in [-0.2, 0) is 0 Å². The zero-order valence-electron chi connectivity index (χ0n) is 13.1. The Labute approximate surface area is 129 Å². The lowest BCUT2D eigenvalue weighted by atomic mass is 10.1. The predicted molar refractivity (Wildman–Crippen MR) is 85.1 cm³/mol. The molecule has 2 aromatic rings. The summed E-state index contributed by atoms with van der Waals surface area (Å²) in [6.45, 7) is 1.89. The number of hydrogen-bond acceptors (Lipinski definition) is 5. The van der Waals surface area contributed by atoms with Gasteiger partial charge in [0, 0.05) is 25.5 Å². The van der Waals surface area contributed by atoms with Gasteiger partial charge in [-0.3, -0.25) is 9.36 Å². The normalized spacial score (nSPS) is 15.2. The highest BCUT2D eigenvalue weighted by atomic mass is 16.1. The van der Waals surface area contributed by atoms with E-state index in [0.29, 0.717) is 11.6 Å². The Morgan fingerprint density at radius 2 is 2.00 bits per heavy atom. The third-order valence-electron chi connectivity index (χ3n) is 4.28. The van der Waals surface area contributed by atoms with E-state index in [1.165, 1.54) is 0 Å². The number of rotatable bonds is 2. The van der Waals surface area contributed by atoms with Crippen LogP contribution in [0.3, 0.4) is 0 Å². The van der Waals surface area contributed by atoms with Gasteiger partial charge < -0.3 is 4.90 Å². The smallest absolute Gasteiger partial charge is 0.270 e. The zero-order valence-corrected chi connectivity index (χ0v) is 13.1. The first-order chi connectivity index (χ1) is 10.5. The molecule has 2 aromatic heterocycles. The average molecular weight is 297 g/mol. The van der Waals surface area contributed by atoms with Gasteiger partial charge in [-0.25, -0.2) is 4.98 Å². The molecule has 114 valence electrons. The first-order valence-electron chi connectivity index (χ1n) is 7.54. The average Bonchev–Trinajstić information content (AvgIpc) is 3.00. The highest BCUT2D eigenvalue weighted by molar-refractivity contribution is 5.80. The standard InChI is InChI=1S/C16H19N5O/c1-10-13-8-11(9-17)15(22)21(12-6-4-5-7-12)14(13)19-16(18-10)20(2)3/h8,12H,4-7H2,1-3H3. The van der Waals surface area contributed by atoms with Gasteiger partial charge in [0.25, 0.3) is 5.56 Å². The number of aryl methyl sites for hydroxylation is 1. The Hall–Kier alpha value is -2.42. The molecular formula is C16H19N5O. The van der Waals surface area contributed by atoms with E-state index < -0.39 is 0 Å². The third kappa shape index (κ3) is 2.23. The Morgan fingerprint density at radius 1 is 1.32 bits per heavy atom. The van der Waals surface area contributed by atoms with Crippen LogP contribution in [0, 0.1) is 18.3 Å². The number of hydrogen-bond donors (Lipinski definition) is 0. The minimum Gasteiger partial charge on any atom is -0.347 e. The van der Waals surface area contributed by atoms with Crippen LogP contribution in [0.15, 0.2) is 10.9 Å². The fourth-order valence-electron chi connectivity index (χ4n) is 3.12. The van der Waals surface area contributed by atoms with Crippen LogP contribution in [0.5, 0.6) is 0 Å². The largest absolute Gasteiger partial charge is 0.347 e. The van der Waals surface area contributed by atoms with E-state index in [1.54, 1.807) is 10.6 Å². The number of pyridine rings is 1. The lowest BCUT2D eigenvalue weighted by molar-refractivity contribution is 0.515. The maximum atomic E-state index is 12.7. The van der Waals surface area contributed by atoms with E-state index >= 15 is 0 Å². The quantitative estimate of drug-likeness (QED) is 0.849. The molecule has 22 heavy (non-hydrogen) atoms. The van der Waals surface area contributed by atoms with Crippen molar-refractivity contribution in [2.24, 2.45) is 0 Å². The van der Waals surface area contributed by atoms with Crippen LogP contribution in [0.25, 0.3) is 11.0 Å². The molecule has 6 nitrogen and oxygen atoms in total. The highest BCUT2D eigenvalue weighted by Crippen LogP contribution is 2.31. The second kappa shape index (κ2) is 5.41. The van der Waals surface area contributed by atoms with E-state index in [1.807, 2.05) is 32.0 Å². The molecule has 0 bridgehead atoms. The van der Waals surface area contributed by atoms with Gasteiger partial charge in [0.2, 0.25) is 5.95 Å². The molecule has 0 N–H and O–H groups in total. The first-order valence-corrected chi connectivity index (χ1v) is 7.54. The monoisotopic (exact) mass is 297 g/mol. The van der Waals surface area contributed by atoms with Crippen LogP contribution < -0.4 is 10.5 Å². The molecular weight excluding hydrogens is 278 g/mol. The predicted octanol–water partition coefficient (Wildman–Crippen LogP) is 2.15. The van der Waals surface area contributed by atoms with Gasteiger partial charge in [0.1, 0.15) is 17.3 Å². The summed E-state index contributed by atoms with van der Waals surface area (Å²) < 4.78 is 1.72. The number of fused-ring (bicyclic) bond motifs is 1. The van der Waals surface area contributed by atoms with Gasteiger partial charge in [0.15, 0.2) is 0 Å². The molecule has 0 saturated heterocycles. The Morgan fingerprint density at radius 3 is 2.59 bits per heavy atom. The SMILES string of the molecule is Cc1nc(N(C)C)nc2c1cc(C#N)c(=O)n2C1CCCC1. The summed E-state index contributed by atoms with van der Waals surface area (Å²) in [7, 11) is 3.75. The number of nitrogens with zero attached hydrogens (tertiary/aromatic N) is 5. The minimum absolute atomic E-state index is 0.132. The summed E-state index contributed by atoms with van der Waals surface area (Å²) in [5, 5.41) is 10.1. The number of nitriles is 1. The summed E-state index contributed by atoms with van der Waals surface area (Å²) in [6, 6.07) is 3.77. The van der Waals surface area contributed by atoms with Crippen molar-refractivity contribution >= 4 is 17.0 Å². The molecule has 2 heterocycles. The maximum Gasteiger partial charge on any atom is 0.270 e. The molecule has 0 spiro atoms. The third-order valence-corrected chi connectivity index (χ3v) is 4.28. The molecule has 0 unspecified atom stereocenters. The van der Waals surface area contributed by atoms with Crippen molar-refractivity contribution in [3.05, 3.63) is 27.7 Å². The Balaban J connectivity index is 2.40. The second-order valence-corrected chi connectivity index (χ2v) is 6.02. The first kappa shape index (κ1) is 14.5. The minimum atomic E-state index is -0.232. The lowest BCUT2D eigenvalue weighted by Gasteiger charge is -2.19. The Kier molecular flexibility index (Phi) is 3.57. The Bertz CT molecular complexity index is 825. The van der Waals surface area contributed by atoms with Crippen LogP contribution >= 0.6 is 0 Å². The van der Waals surface area contributed by atoms with Crippen LogP contribution in [-0.4, -0.2) is 28.6 Å². The van der Waals surface area contributed by atoms with Crippen molar-refractivity contribution in [3.8, 4) is 6.07 Å². The summed E-state index contributed by atoms with van der Waals surface area (Å²) in [5.74, 6) is 0.584. The summed E-state index contributed by atoms with van der Waals surface area (Å²) in [6.07, 6.45) is 4.15. The van der Waals surface area contributed by atoms with Crippen molar-refractivity contribution in [2.45, 2.75) is 38.6 Å². The van der Waals surface area contributed by atoms with Crippen LogP contribution in [0.1, 0.15) is 43.0 Å². The van der Waals surface area contributed by atoms with Crippen molar-refractivity contribution in [1.82, 2.24) is 14.5 Å². The van der Waals surface area contributed by atoms with Crippen molar-refractivity contribution in [2.75, 3.05) is 19.0 Å². The second-order valence-electron chi connectivity index (χ2n) is 6.02. The molecule has 0 aliphatic heterocycles. The van der Waals surface area contributed by atoms with Gasteiger partial charge in [0.05, 0.1) is 5.69 Å². The van der Waals surface area contributed by atoms with E-state index in [-0.39, 0.29) is 17.2 Å². The van der Waals surface area contributed by atoms with Crippen molar-refractivity contribution < 1.29 is 0 Å². The number of anilines is 1. The summed E-state index contributed by atoms with van der Waals surface area (Å²) >= 11 is 0. The fourth-order valence-corrected chi connectivity index (χ4v) is 3.12. The van der Waals surface area contributed by atoms with E-state index in [2.05, 4.69) is 9.97 Å². The van der Waals surface area contributed by atoms with Gasteiger partial charge in [-0.05, 0) is 25.8 Å². The van der Waals surface area contributed by atoms with Crippen LogP contribution in [0.4, 0.5) is 5.95 Å². The summed E-state index contributed by atoms with van der Waals surface area (Å²) in [4.78, 5) is 23.5. The molecule has 3 rings (SSSR count). The van der Waals surface area contributed by atoms with E-state index in [4.69, 9.17) is 0 Å². The molecule has 1 aliphatic rings. The zero-order chi connectivity index (χ0) is 15.9. The highest BCUT2D eigenvalue weighted by Gasteiger charge is 2.23. The van der Waals surface area contributed by atoms with Crippen LogP contribution in [0.2, 0.25) is 0 Å². The molecule has 0 radical (unpaired) electrons. The molecule has 0 aromatic carbocycles. The topological polar surface area (TPSA) is 74.8 Å². The molecule has 0 atom stereocenters. The van der Waals surface area contributed by atoms with Crippen molar-refractivity contribution in [1.29, 1.82) is 5.26 Å². The van der Waals surface area contributed by atoms with Gasteiger partial charge in [-0.15, -0.1) is 0 Å². The van der Waals surface area contributed by atoms with Gasteiger partial charge >= 0.3 is 0 Å².